The van der Waals surface area contributed by atoms with E-state index in [4.69, 9.17) is 9.84 Å². The van der Waals surface area contributed by atoms with Gasteiger partial charge in [0.05, 0.1) is 12.6 Å². The molecule has 0 aromatic heterocycles. The van der Waals surface area contributed by atoms with Crippen molar-refractivity contribution in [3.8, 4) is 11.8 Å². The quantitative estimate of drug-likeness (QED) is 0.510. The molecule has 0 radical (unpaired) electrons. The molecule has 27 heavy (non-hydrogen) atoms. The van der Waals surface area contributed by atoms with Gasteiger partial charge >= 0.3 is 5.97 Å². The largest absolute Gasteiger partial charge is 0.480 e. The maximum absolute atomic E-state index is 12.2. The van der Waals surface area contributed by atoms with Gasteiger partial charge in [0.2, 0.25) is 5.91 Å². The van der Waals surface area contributed by atoms with E-state index in [1.165, 1.54) is 0 Å². The van der Waals surface area contributed by atoms with E-state index in [1.54, 1.807) is 4.90 Å². The molecule has 1 unspecified atom stereocenters. The smallest absolute Gasteiger partial charge is 0.329 e. The topological polar surface area (TPSA) is 87.1 Å². The minimum absolute atomic E-state index is 0.0365. The van der Waals surface area contributed by atoms with Crippen LogP contribution >= 0.6 is 0 Å². The van der Waals surface area contributed by atoms with Gasteiger partial charge in [0, 0.05) is 12.5 Å². The van der Waals surface area contributed by atoms with E-state index in [2.05, 4.69) is 11.8 Å². The normalized spacial score (nSPS) is 17.9. The third-order valence-electron chi connectivity index (χ3n) is 4.61. The molecule has 1 aromatic rings. The Morgan fingerprint density at radius 3 is 2.81 bits per heavy atom. The van der Waals surface area contributed by atoms with Crippen LogP contribution in [-0.2, 0) is 20.7 Å². The Kier molecular flexibility index (Phi) is 8.82. The Labute approximate surface area is 160 Å². The Bertz CT molecular complexity index is 664. The predicted octanol–water partition coefficient (Wildman–Crippen LogP) is 1.86. The molecule has 1 aliphatic rings. The van der Waals surface area contributed by atoms with Crippen LogP contribution in [0.1, 0.15) is 37.7 Å². The summed E-state index contributed by atoms with van der Waals surface area (Å²) in [4.78, 5) is 24.4. The number of carbonyl (C=O) groups is 2. The number of rotatable bonds is 9. The molecule has 1 aliphatic heterocycles. The Hall–Kier alpha value is -2.36. The Morgan fingerprint density at radius 1 is 1.30 bits per heavy atom. The van der Waals surface area contributed by atoms with Gasteiger partial charge in [0.25, 0.3) is 0 Å². The second-order valence-electron chi connectivity index (χ2n) is 6.73. The Morgan fingerprint density at radius 2 is 2.07 bits per heavy atom. The van der Waals surface area contributed by atoms with Gasteiger partial charge < -0.3 is 19.8 Å². The Balaban J connectivity index is 1.79. The molecule has 6 heteroatoms. The molecule has 146 valence electrons. The number of likely N-dealkylation sites (tertiary alicyclic amines) is 1. The van der Waals surface area contributed by atoms with Crippen LogP contribution in [0, 0.1) is 11.8 Å². The molecule has 1 fully saturated rings. The fourth-order valence-corrected chi connectivity index (χ4v) is 3.26. The number of piperidine rings is 1. The lowest BCUT2D eigenvalue weighted by atomic mass is 9.94. The minimum Gasteiger partial charge on any atom is -0.480 e. The lowest BCUT2D eigenvalue weighted by molar-refractivity contribution is -0.141. The molecule has 2 rings (SSSR count). The van der Waals surface area contributed by atoms with Crippen LogP contribution in [-0.4, -0.2) is 58.9 Å². The average Bonchev–Trinajstić information content (AvgIpc) is 2.65. The molecule has 2 atom stereocenters. The predicted molar refractivity (Wildman–Crippen MR) is 101 cm³/mol. The van der Waals surface area contributed by atoms with Crippen LogP contribution < -0.4 is 0 Å². The molecule has 0 spiro atoms. The zero-order chi connectivity index (χ0) is 19.5. The van der Waals surface area contributed by atoms with Crippen LogP contribution in [0.15, 0.2) is 30.3 Å². The van der Waals surface area contributed by atoms with E-state index in [0.717, 1.165) is 24.8 Å². The molecular formula is C21H27NO5. The molecule has 1 amide bonds. The number of carbonyl (C=O) groups excluding carboxylic acids is 1. The number of hydrogen-bond donors (Lipinski definition) is 2. The SMILES string of the molecule is O=C(O)COCC#CCN1C(=O)CCCC1CC[C@@H](O)Cc1ccccc1. The zero-order valence-corrected chi connectivity index (χ0v) is 15.5. The summed E-state index contributed by atoms with van der Waals surface area (Å²) in [5.74, 6) is 4.70. The van der Waals surface area contributed by atoms with Crippen molar-refractivity contribution >= 4 is 11.9 Å². The third-order valence-corrected chi connectivity index (χ3v) is 4.61. The lowest BCUT2D eigenvalue weighted by Crippen LogP contribution is -2.44. The summed E-state index contributed by atoms with van der Waals surface area (Å²) in [5.41, 5.74) is 1.11. The van der Waals surface area contributed by atoms with Crippen molar-refractivity contribution in [1.82, 2.24) is 4.90 Å². The van der Waals surface area contributed by atoms with Crippen LogP contribution in [0.2, 0.25) is 0 Å². The fraction of sp³-hybridized carbons (Fsp3) is 0.524. The van der Waals surface area contributed by atoms with Crippen molar-refractivity contribution in [3.05, 3.63) is 35.9 Å². The van der Waals surface area contributed by atoms with Crippen LogP contribution in [0.3, 0.4) is 0 Å². The first-order chi connectivity index (χ1) is 13.1. The molecule has 0 bridgehead atoms. The number of ether oxygens (including phenoxy) is 1. The number of hydrogen-bond acceptors (Lipinski definition) is 4. The van der Waals surface area contributed by atoms with Crippen molar-refractivity contribution < 1.29 is 24.5 Å². The van der Waals surface area contributed by atoms with Gasteiger partial charge in [-0.1, -0.05) is 42.2 Å². The molecular weight excluding hydrogens is 346 g/mol. The molecule has 0 aliphatic carbocycles. The van der Waals surface area contributed by atoms with Gasteiger partial charge in [-0.15, -0.1) is 0 Å². The molecule has 1 heterocycles. The van der Waals surface area contributed by atoms with Crippen LogP contribution in [0.25, 0.3) is 0 Å². The van der Waals surface area contributed by atoms with Gasteiger partial charge in [0.1, 0.15) is 13.2 Å². The van der Waals surface area contributed by atoms with E-state index in [0.29, 0.717) is 25.8 Å². The molecule has 2 N–H and O–H groups in total. The fourth-order valence-electron chi connectivity index (χ4n) is 3.26. The molecule has 6 nitrogen and oxygen atoms in total. The third kappa shape index (κ3) is 7.81. The van der Waals surface area contributed by atoms with Crippen molar-refractivity contribution in [2.45, 2.75) is 50.7 Å². The van der Waals surface area contributed by atoms with E-state index >= 15 is 0 Å². The summed E-state index contributed by atoms with van der Waals surface area (Å²) >= 11 is 0. The van der Waals surface area contributed by atoms with E-state index in [-0.39, 0.29) is 25.2 Å². The van der Waals surface area contributed by atoms with Crippen molar-refractivity contribution in [1.29, 1.82) is 0 Å². The standard InChI is InChI=1S/C21H27NO5/c23-19(15-17-7-2-1-3-8-17)12-11-18-9-6-10-20(24)22(18)13-4-5-14-27-16-21(25)26/h1-3,7-8,18-19,23H,6,9-16H2,(H,25,26)/t18?,19-/m1/s1. The maximum Gasteiger partial charge on any atom is 0.329 e. The summed E-state index contributed by atoms with van der Waals surface area (Å²) in [7, 11) is 0. The summed E-state index contributed by atoms with van der Waals surface area (Å²) in [6, 6.07) is 9.97. The molecule has 1 saturated heterocycles. The van der Waals surface area contributed by atoms with Gasteiger partial charge in [-0.2, -0.15) is 0 Å². The van der Waals surface area contributed by atoms with Gasteiger partial charge in [0.15, 0.2) is 0 Å². The number of aliphatic hydroxyl groups excluding tert-OH is 1. The van der Waals surface area contributed by atoms with Gasteiger partial charge in [-0.3, -0.25) is 4.79 Å². The number of aliphatic hydroxyl groups is 1. The number of amides is 1. The molecule has 1 aromatic carbocycles. The number of aliphatic carboxylic acids is 1. The first-order valence-corrected chi connectivity index (χ1v) is 9.33. The number of carboxylic acids is 1. The van der Waals surface area contributed by atoms with Crippen LogP contribution in [0.5, 0.6) is 0 Å². The van der Waals surface area contributed by atoms with Crippen molar-refractivity contribution in [2.75, 3.05) is 19.8 Å². The maximum atomic E-state index is 12.2. The summed E-state index contributed by atoms with van der Waals surface area (Å²) < 4.78 is 4.86. The number of carboxylic acid groups (broad SMARTS) is 1. The average molecular weight is 373 g/mol. The summed E-state index contributed by atoms with van der Waals surface area (Å²) in [6.45, 7) is -0.0250. The van der Waals surface area contributed by atoms with Crippen molar-refractivity contribution in [2.24, 2.45) is 0 Å². The lowest BCUT2D eigenvalue weighted by Gasteiger charge is -2.35. The summed E-state index contributed by atoms with van der Waals surface area (Å²) in [6.07, 6.45) is 3.88. The summed E-state index contributed by atoms with van der Waals surface area (Å²) in [5, 5.41) is 18.8. The zero-order valence-electron chi connectivity index (χ0n) is 15.5. The van der Waals surface area contributed by atoms with Gasteiger partial charge in [-0.25, -0.2) is 4.79 Å². The highest BCUT2D eigenvalue weighted by Gasteiger charge is 2.27. The van der Waals surface area contributed by atoms with E-state index in [1.807, 2.05) is 30.3 Å². The monoisotopic (exact) mass is 373 g/mol. The van der Waals surface area contributed by atoms with E-state index < -0.39 is 12.1 Å². The van der Waals surface area contributed by atoms with Gasteiger partial charge in [-0.05, 0) is 37.7 Å². The second-order valence-corrected chi connectivity index (χ2v) is 6.73. The van der Waals surface area contributed by atoms with Crippen LogP contribution in [0.4, 0.5) is 0 Å². The van der Waals surface area contributed by atoms with Crippen molar-refractivity contribution in [3.63, 3.8) is 0 Å². The highest BCUT2D eigenvalue weighted by Crippen LogP contribution is 2.22. The highest BCUT2D eigenvalue weighted by molar-refractivity contribution is 5.77. The number of nitrogens with zero attached hydrogens (tertiary/aromatic N) is 1. The second kappa shape index (κ2) is 11.4. The molecule has 0 saturated carbocycles. The number of benzene rings is 1. The first kappa shape index (κ1) is 20.9. The highest BCUT2D eigenvalue weighted by atomic mass is 16.5. The minimum atomic E-state index is -1.03. The first-order valence-electron chi connectivity index (χ1n) is 9.33. The van der Waals surface area contributed by atoms with E-state index in [9.17, 15) is 14.7 Å².